The van der Waals surface area contributed by atoms with Crippen LogP contribution in [0.15, 0.2) is 54.6 Å². The Morgan fingerprint density at radius 1 is 0.938 bits per heavy atom. The van der Waals surface area contributed by atoms with Gasteiger partial charge in [-0.15, -0.1) is 0 Å². The Morgan fingerprint density at radius 2 is 1.59 bits per heavy atom. The predicted octanol–water partition coefficient (Wildman–Crippen LogP) is 7.16. The summed E-state index contributed by atoms with van der Waals surface area (Å²) < 4.78 is 5.91. The zero-order chi connectivity index (χ0) is 23.1. The standard InChI is InChI=1S/C29H38N2O/c1-7-14-27(24-15-11-10-12-16-24)31(5)20-25-21(4)30-26(19-28(25)32-6)29-22(8-2)17-13-18-23(29)9-3/h10-13,15-19,27H,7-9,14,20H2,1-6H3. The molecular weight excluding hydrogens is 392 g/mol. The van der Waals surface area contributed by atoms with Gasteiger partial charge in [0.05, 0.1) is 12.8 Å². The third-order valence-electron chi connectivity index (χ3n) is 6.45. The summed E-state index contributed by atoms with van der Waals surface area (Å²) in [5.41, 5.74) is 8.55. The van der Waals surface area contributed by atoms with E-state index in [1.807, 2.05) is 0 Å². The number of nitrogens with zero attached hydrogens (tertiary/aromatic N) is 2. The normalized spacial score (nSPS) is 12.2. The van der Waals surface area contributed by atoms with E-state index in [1.54, 1.807) is 7.11 Å². The molecule has 3 aromatic rings. The molecule has 0 saturated carbocycles. The molecule has 1 aromatic heterocycles. The lowest BCUT2D eigenvalue weighted by Gasteiger charge is -2.29. The van der Waals surface area contributed by atoms with Gasteiger partial charge in [0, 0.05) is 35.5 Å². The topological polar surface area (TPSA) is 25.4 Å². The molecule has 0 bridgehead atoms. The first-order valence-electron chi connectivity index (χ1n) is 11.9. The summed E-state index contributed by atoms with van der Waals surface area (Å²) in [6.07, 6.45) is 4.25. The Labute approximate surface area is 194 Å². The monoisotopic (exact) mass is 430 g/mol. The molecule has 3 nitrogen and oxygen atoms in total. The van der Waals surface area contributed by atoms with Crippen molar-refractivity contribution in [1.82, 2.24) is 9.88 Å². The van der Waals surface area contributed by atoms with Gasteiger partial charge in [-0.25, -0.2) is 0 Å². The van der Waals surface area contributed by atoms with E-state index in [4.69, 9.17) is 9.72 Å². The highest BCUT2D eigenvalue weighted by Gasteiger charge is 2.21. The van der Waals surface area contributed by atoms with Crippen molar-refractivity contribution in [3.63, 3.8) is 0 Å². The summed E-state index contributed by atoms with van der Waals surface area (Å²) >= 11 is 0. The van der Waals surface area contributed by atoms with Gasteiger partial charge in [0.1, 0.15) is 5.75 Å². The Kier molecular flexibility index (Phi) is 8.46. The van der Waals surface area contributed by atoms with Crippen LogP contribution in [0, 0.1) is 6.92 Å². The van der Waals surface area contributed by atoms with Crippen LogP contribution in [0.5, 0.6) is 5.75 Å². The number of benzene rings is 2. The second kappa shape index (κ2) is 11.3. The average Bonchev–Trinajstić information content (AvgIpc) is 2.83. The van der Waals surface area contributed by atoms with Crippen LogP contribution < -0.4 is 4.74 Å². The van der Waals surface area contributed by atoms with Gasteiger partial charge in [0.2, 0.25) is 0 Å². The maximum Gasteiger partial charge on any atom is 0.127 e. The third kappa shape index (κ3) is 5.21. The summed E-state index contributed by atoms with van der Waals surface area (Å²) in [4.78, 5) is 7.53. The van der Waals surface area contributed by atoms with Crippen molar-refractivity contribution in [2.75, 3.05) is 14.2 Å². The fourth-order valence-electron chi connectivity index (χ4n) is 4.69. The molecule has 0 saturated heterocycles. The van der Waals surface area contributed by atoms with E-state index < -0.39 is 0 Å². The Hall–Kier alpha value is -2.65. The molecule has 2 aromatic carbocycles. The smallest absolute Gasteiger partial charge is 0.127 e. The van der Waals surface area contributed by atoms with E-state index >= 15 is 0 Å². The highest BCUT2D eigenvalue weighted by atomic mass is 16.5. The number of hydrogen-bond donors (Lipinski definition) is 0. The van der Waals surface area contributed by atoms with Crippen LogP contribution >= 0.6 is 0 Å². The molecule has 0 N–H and O–H groups in total. The van der Waals surface area contributed by atoms with Gasteiger partial charge >= 0.3 is 0 Å². The molecule has 3 rings (SSSR count). The van der Waals surface area contributed by atoms with Gasteiger partial charge < -0.3 is 4.74 Å². The Morgan fingerprint density at radius 3 is 2.16 bits per heavy atom. The minimum Gasteiger partial charge on any atom is -0.496 e. The molecule has 0 radical (unpaired) electrons. The van der Waals surface area contributed by atoms with Crippen LogP contribution in [-0.2, 0) is 19.4 Å². The first-order valence-corrected chi connectivity index (χ1v) is 11.9. The van der Waals surface area contributed by atoms with Crippen molar-refractivity contribution >= 4 is 0 Å². The highest BCUT2D eigenvalue weighted by Crippen LogP contribution is 2.34. The Bertz CT molecular complexity index is 991. The van der Waals surface area contributed by atoms with Crippen molar-refractivity contribution in [3.8, 4) is 17.0 Å². The first kappa shape index (κ1) is 24.0. The fraction of sp³-hybridized carbons (Fsp3) is 0.414. The van der Waals surface area contributed by atoms with E-state index in [1.165, 1.54) is 27.8 Å². The van der Waals surface area contributed by atoms with Crippen molar-refractivity contribution in [3.05, 3.63) is 82.5 Å². The second-order valence-electron chi connectivity index (χ2n) is 8.56. The van der Waals surface area contributed by atoms with Crippen LogP contribution in [0.1, 0.15) is 67.6 Å². The van der Waals surface area contributed by atoms with E-state index in [2.05, 4.69) is 94.2 Å². The number of aromatic nitrogens is 1. The molecule has 1 atom stereocenters. The van der Waals surface area contributed by atoms with Crippen molar-refractivity contribution in [2.24, 2.45) is 0 Å². The van der Waals surface area contributed by atoms with E-state index in [9.17, 15) is 0 Å². The van der Waals surface area contributed by atoms with Crippen molar-refractivity contribution in [2.45, 2.75) is 66.0 Å². The molecule has 0 amide bonds. The van der Waals surface area contributed by atoms with E-state index in [-0.39, 0.29) is 0 Å². The number of hydrogen-bond acceptors (Lipinski definition) is 3. The predicted molar refractivity (Wildman–Crippen MR) is 135 cm³/mol. The van der Waals surface area contributed by atoms with Crippen LogP contribution in [0.2, 0.25) is 0 Å². The Balaban J connectivity index is 1.99. The summed E-state index contributed by atoms with van der Waals surface area (Å²) in [7, 11) is 3.98. The third-order valence-corrected chi connectivity index (χ3v) is 6.45. The molecule has 0 aliphatic carbocycles. The molecule has 3 heteroatoms. The van der Waals surface area contributed by atoms with Gasteiger partial charge in [-0.1, -0.05) is 75.7 Å². The van der Waals surface area contributed by atoms with Gasteiger partial charge in [-0.2, -0.15) is 0 Å². The van der Waals surface area contributed by atoms with Crippen LogP contribution in [0.25, 0.3) is 11.3 Å². The molecule has 0 aliphatic heterocycles. The van der Waals surface area contributed by atoms with Crippen molar-refractivity contribution in [1.29, 1.82) is 0 Å². The minimum atomic E-state index is 0.373. The van der Waals surface area contributed by atoms with Gasteiger partial charge in [0.25, 0.3) is 0 Å². The zero-order valence-electron chi connectivity index (χ0n) is 20.6. The number of ether oxygens (including phenoxy) is 1. The summed E-state index contributed by atoms with van der Waals surface area (Å²) in [6.45, 7) is 9.60. The number of rotatable bonds is 10. The summed E-state index contributed by atoms with van der Waals surface area (Å²) in [6, 6.07) is 19.9. The second-order valence-corrected chi connectivity index (χ2v) is 8.56. The lowest BCUT2D eigenvalue weighted by Crippen LogP contribution is -2.25. The highest BCUT2D eigenvalue weighted by molar-refractivity contribution is 5.70. The van der Waals surface area contributed by atoms with E-state index in [0.717, 1.165) is 49.4 Å². The minimum absolute atomic E-state index is 0.373. The molecule has 0 spiro atoms. The molecule has 170 valence electrons. The summed E-state index contributed by atoms with van der Waals surface area (Å²) in [5.74, 6) is 0.926. The first-order chi connectivity index (χ1) is 15.5. The molecule has 0 aliphatic rings. The van der Waals surface area contributed by atoms with Crippen LogP contribution in [0.3, 0.4) is 0 Å². The average molecular weight is 431 g/mol. The molecule has 0 fully saturated rings. The SMILES string of the molecule is CCCC(c1ccccc1)N(C)Cc1c(OC)cc(-c2c(CC)cccc2CC)nc1C. The maximum atomic E-state index is 5.91. The maximum absolute atomic E-state index is 5.91. The van der Waals surface area contributed by atoms with E-state index in [0.29, 0.717) is 6.04 Å². The quantitative estimate of drug-likeness (QED) is 0.341. The zero-order valence-corrected chi connectivity index (χ0v) is 20.6. The fourth-order valence-corrected chi connectivity index (χ4v) is 4.69. The number of aryl methyl sites for hydroxylation is 3. The molecule has 32 heavy (non-hydrogen) atoms. The molecule has 1 heterocycles. The van der Waals surface area contributed by atoms with Crippen LogP contribution in [0.4, 0.5) is 0 Å². The molecular formula is C29H38N2O. The van der Waals surface area contributed by atoms with Gasteiger partial charge in [-0.3, -0.25) is 9.88 Å². The lowest BCUT2D eigenvalue weighted by atomic mass is 9.94. The van der Waals surface area contributed by atoms with Gasteiger partial charge in [-0.05, 0) is 49.9 Å². The lowest BCUT2D eigenvalue weighted by molar-refractivity contribution is 0.219. The number of methoxy groups -OCH3 is 1. The largest absolute Gasteiger partial charge is 0.496 e. The van der Waals surface area contributed by atoms with Crippen molar-refractivity contribution < 1.29 is 4.74 Å². The van der Waals surface area contributed by atoms with Gasteiger partial charge in [0.15, 0.2) is 0 Å². The summed E-state index contributed by atoms with van der Waals surface area (Å²) in [5, 5.41) is 0. The number of pyridine rings is 1. The molecule has 1 unspecified atom stereocenters. The van der Waals surface area contributed by atoms with Crippen LogP contribution in [-0.4, -0.2) is 24.0 Å².